The van der Waals surface area contributed by atoms with E-state index in [0.717, 1.165) is 12.8 Å². The Bertz CT molecular complexity index is 401. The highest BCUT2D eigenvalue weighted by atomic mass is 16.3. The second kappa shape index (κ2) is 7.08. The number of amides is 2. The summed E-state index contributed by atoms with van der Waals surface area (Å²) in [5.41, 5.74) is -0.0496. The number of hydrogen-bond donors (Lipinski definition) is 3. The van der Waals surface area contributed by atoms with Crippen LogP contribution < -0.4 is 10.6 Å². The van der Waals surface area contributed by atoms with Crippen LogP contribution in [-0.4, -0.2) is 39.1 Å². The van der Waals surface area contributed by atoms with E-state index in [-0.39, 0.29) is 18.1 Å². The highest BCUT2D eigenvalue weighted by Crippen LogP contribution is 2.29. The molecule has 0 aliphatic heterocycles. The van der Waals surface area contributed by atoms with E-state index < -0.39 is 0 Å². The number of rotatable bonds is 7. The fraction of sp³-hybridized carbons (Fsp3) is 0.750. The first-order valence-electron chi connectivity index (χ1n) is 6.56. The summed E-state index contributed by atoms with van der Waals surface area (Å²) >= 11 is 0. The van der Waals surface area contributed by atoms with Crippen LogP contribution in [0.5, 0.6) is 0 Å². The third kappa shape index (κ3) is 4.20. The van der Waals surface area contributed by atoms with Gasteiger partial charge in [0, 0.05) is 20.2 Å². The molecule has 1 aromatic heterocycles. The molecule has 1 heterocycles. The average molecular weight is 269 g/mol. The number of carbonyl (C=O) groups excluding carboxylic acids is 1. The fourth-order valence-electron chi connectivity index (χ4n) is 2.00. The minimum atomic E-state index is -0.305. The molecular formula is C12H23N5O2. The Morgan fingerprint density at radius 1 is 1.47 bits per heavy atom. The van der Waals surface area contributed by atoms with Gasteiger partial charge in [0.05, 0.1) is 0 Å². The molecule has 0 fully saturated rings. The van der Waals surface area contributed by atoms with Gasteiger partial charge in [-0.05, 0) is 24.7 Å². The maximum atomic E-state index is 11.8. The molecule has 19 heavy (non-hydrogen) atoms. The van der Waals surface area contributed by atoms with E-state index in [0.29, 0.717) is 18.9 Å². The van der Waals surface area contributed by atoms with E-state index in [1.807, 2.05) is 0 Å². The third-order valence-corrected chi connectivity index (χ3v) is 3.70. The molecule has 108 valence electrons. The maximum Gasteiger partial charge on any atom is 0.321 e. The fourth-order valence-corrected chi connectivity index (χ4v) is 2.00. The molecule has 0 aliphatic rings. The van der Waals surface area contributed by atoms with Gasteiger partial charge in [0.1, 0.15) is 6.33 Å². The van der Waals surface area contributed by atoms with E-state index in [1.165, 1.54) is 11.0 Å². The minimum Gasteiger partial charge on any atom is -0.396 e. The zero-order valence-electron chi connectivity index (χ0n) is 11.8. The SMILES string of the molecule is CCC(CC)(CCO)CNC(=O)Nc1ncnn1C. The predicted octanol–water partition coefficient (Wildman–Crippen LogP) is 1.13. The van der Waals surface area contributed by atoms with Crippen LogP contribution in [0.1, 0.15) is 33.1 Å². The van der Waals surface area contributed by atoms with Crippen LogP contribution in [0.4, 0.5) is 10.7 Å². The Balaban J connectivity index is 2.50. The molecule has 0 saturated heterocycles. The molecule has 0 aromatic carbocycles. The monoisotopic (exact) mass is 269 g/mol. The van der Waals surface area contributed by atoms with Gasteiger partial charge in [0.2, 0.25) is 5.95 Å². The first-order valence-corrected chi connectivity index (χ1v) is 6.56. The molecule has 0 radical (unpaired) electrons. The second-order valence-electron chi connectivity index (χ2n) is 4.70. The number of aromatic nitrogens is 3. The highest BCUT2D eigenvalue weighted by molar-refractivity contribution is 5.87. The topological polar surface area (TPSA) is 92.1 Å². The Morgan fingerprint density at radius 2 is 2.16 bits per heavy atom. The van der Waals surface area contributed by atoms with Gasteiger partial charge in [-0.1, -0.05) is 13.8 Å². The summed E-state index contributed by atoms with van der Waals surface area (Å²) < 4.78 is 1.49. The van der Waals surface area contributed by atoms with Crippen molar-refractivity contribution in [2.24, 2.45) is 12.5 Å². The molecule has 1 aromatic rings. The summed E-state index contributed by atoms with van der Waals surface area (Å²) in [6, 6.07) is -0.305. The summed E-state index contributed by atoms with van der Waals surface area (Å²) in [6.45, 7) is 4.81. The molecule has 0 atom stereocenters. The lowest BCUT2D eigenvalue weighted by molar-refractivity contribution is 0.165. The lowest BCUT2D eigenvalue weighted by Gasteiger charge is -2.31. The van der Waals surface area contributed by atoms with Crippen molar-refractivity contribution in [2.45, 2.75) is 33.1 Å². The van der Waals surface area contributed by atoms with Gasteiger partial charge < -0.3 is 10.4 Å². The van der Waals surface area contributed by atoms with Crippen LogP contribution in [0.15, 0.2) is 6.33 Å². The van der Waals surface area contributed by atoms with Crippen molar-refractivity contribution in [3.63, 3.8) is 0 Å². The number of hydrogen-bond acceptors (Lipinski definition) is 4. The Hall–Kier alpha value is -1.63. The average Bonchev–Trinajstić information content (AvgIpc) is 2.80. The van der Waals surface area contributed by atoms with Gasteiger partial charge >= 0.3 is 6.03 Å². The predicted molar refractivity (Wildman–Crippen MR) is 72.7 cm³/mol. The minimum absolute atomic E-state index is 0.0496. The lowest BCUT2D eigenvalue weighted by atomic mass is 9.79. The smallest absolute Gasteiger partial charge is 0.321 e. The lowest BCUT2D eigenvalue weighted by Crippen LogP contribution is -2.40. The number of carbonyl (C=O) groups is 1. The summed E-state index contributed by atoms with van der Waals surface area (Å²) in [5, 5.41) is 18.5. The maximum absolute atomic E-state index is 11.8. The van der Waals surface area contributed by atoms with Gasteiger partial charge in [-0.2, -0.15) is 10.1 Å². The van der Waals surface area contributed by atoms with Crippen molar-refractivity contribution >= 4 is 12.0 Å². The van der Waals surface area contributed by atoms with Crippen molar-refractivity contribution in [3.8, 4) is 0 Å². The number of aliphatic hydroxyl groups is 1. The molecule has 0 unspecified atom stereocenters. The molecule has 0 aliphatic carbocycles. The molecule has 7 heteroatoms. The van der Waals surface area contributed by atoms with Crippen LogP contribution in [0, 0.1) is 5.41 Å². The van der Waals surface area contributed by atoms with Gasteiger partial charge in [-0.15, -0.1) is 0 Å². The van der Waals surface area contributed by atoms with Gasteiger partial charge in [-0.3, -0.25) is 5.32 Å². The van der Waals surface area contributed by atoms with Crippen molar-refractivity contribution < 1.29 is 9.90 Å². The molecule has 0 saturated carbocycles. The first-order chi connectivity index (χ1) is 9.06. The number of nitrogens with one attached hydrogen (secondary N) is 2. The van der Waals surface area contributed by atoms with Crippen LogP contribution in [0.3, 0.4) is 0 Å². The Morgan fingerprint density at radius 3 is 2.63 bits per heavy atom. The molecular weight excluding hydrogens is 246 g/mol. The normalized spacial score (nSPS) is 11.4. The molecule has 1 rings (SSSR count). The van der Waals surface area contributed by atoms with Gasteiger partial charge in [0.15, 0.2) is 0 Å². The summed E-state index contributed by atoms with van der Waals surface area (Å²) in [6.07, 6.45) is 3.89. The number of aryl methyl sites for hydroxylation is 1. The summed E-state index contributed by atoms with van der Waals surface area (Å²) in [4.78, 5) is 15.7. The van der Waals surface area contributed by atoms with Crippen LogP contribution in [0.25, 0.3) is 0 Å². The standard InChI is InChI=1S/C12H23N5O2/c1-4-12(5-2,6-7-18)8-13-11(19)16-10-14-9-15-17(10)3/h9,18H,4-8H2,1-3H3,(H2,13,14,15,16,19). The molecule has 7 nitrogen and oxygen atoms in total. The molecule has 0 bridgehead atoms. The van der Waals surface area contributed by atoms with Crippen LogP contribution in [0.2, 0.25) is 0 Å². The van der Waals surface area contributed by atoms with Crippen molar-refractivity contribution in [2.75, 3.05) is 18.5 Å². The van der Waals surface area contributed by atoms with Crippen molar-refractivity contribution in [1.82, 2.24) is 20.1 Å². The van der Waals surface area contributed by atoms with Crippen molar-refractivity contribution in [3.05, 3.63) is 6.33 Å². The Labute approximate surface area is 113 Å². The summed E-state index contributed by atoms with van der Waals surface area (Å²) in [7, 11) is 1.71. The zero-order valence-corrected chi connectivity index (χ0v) is 11.8. The highest BCUT2D eigenvalue weighted by Gasteiger charge is 2.26. The molecule has 0 spiro atoms. The quantitative estimate of drug-likeness (QED) is 0.691. The van der Waals surface area contributed by atoms with Crippen LogP contribution in [-0.2, 0) is 7.05 Å². The summed E-state index contributed by atoms with van der Waals surface area (Å²) in [5.74, 6) is 0.401. The molecule has 3 N–H and O–H groups in total. The van der Waals surface area contributed by atoms with Gasteiger partial charge in [-0.25, -0.2) is 9.48 Å². The largest absolute Gasteiger partial charge is 0.396 e. The Kier molecular flexibility index (Phi) is 5.75. The number of anilines is 1. The van der Waals surface area contributed by atoms with Crippen molar-refractivity contribution in [1.29, 1.82) is 0 Å². The van der Waals surface area contributed by atoms with E-state index in [2.05, 4.69) is 34.6 Å². The molecule has 2 amide bonds. The second-order valence-corrected chi connectivity index (χ2v) is 4.70. The first kappa shape index (κ1) is 15.4. The number of nitrogens with zero attached hydrogens (tertiary/aromatic N) is 3. The van der Waals surface area contributed by atoms with Crippen LogP contribution >= 0.6 is 0 Å². The van der Waals surface area contributed by atoms with E-state index in [9.17, 15) is 4.79 Å². The van der Waals surface area contributed by atoms with E-state index >= 15 is 0 Å². The zero-order chi connectivity index (χ0) is 14.3. The van der Waals surface area contributed by atoms with Gasteiger partial charge in [0.25, 0.3) is 0 Å². The number of urea groups is 1. The third-order valence-electron chi connectivity index (χ3n) is 3.70. The number of aliphatic hydroxyl groups excluding tert-OH is 1. The van der Waals surface area contributed by atoms with E-state index in [1.54, 1.807) is 7.05 Å². The van der Waals surface area contributed by atoms with E-state index in [4.69, 9.17) is 5.11 Å².